The Balaban J connectivity index is 3.00. The van der Waals surface area contributed by atoms with Crippen LogP contribution in [0.2, 0.25) is 0 Å². The zero-order valence-corrected chi connectivity index (χ0v) is 12.8. The number of amides is 1. The lowest BCUT2D eigenvalue weighted by molar-refractivity contribution is 0.0914. The Hall–Kier alpha value is -1.01. The van der Waals surface area contributed by atoms with Gasteiger partial charge in [0.2, 0.25) is 0 Å². The highest BCUT2D eigenvalue weighted by Gasteiger charge is 2.32. The van der Waals surface area contributed by atoms with Gasteiger partial charge in [-0.15, -0.1) is 0 Å². The molecule has 0 atom stereocenters. The molecule has 0 bridgehead atoms. The predicted octanol–water partition coefficient (Wildman–Crippen LogP) is 2.42. The maximum atomic E-state index is 12.2. The van der Waals surface area contributed by atoms with Crippen LogP contribution < -0.4 is 11.1 Å². The number of carbonyl (C=O) groups is 1. The Morgan fingerprint density at radius 1 is 1.56 bits per heavy atom. The second-order valence-electron chi connectivity index (χ2n) is 3.94. The fourth-order valence-electron chi connectivity index (χ4n) is 1.67. The number of nitrogens with one attached hydrogen (secondary N) is 1. The second kappa shape index (κ2) is 6.24. The van der Waals surface area contributed by atoms with Crippen molar-refractivity contribution in [2.24, 2.45) is 5.73 Å². The van der Waals surface area contributed by atoms with Crippen LogP contribution in [0.25, 0.3) is 0 Å². The van der Waals surface area contributed by atoms with Gasteiger partial charge in [0.15, 0.2) is 0 Å². The van der Waals surface area contributed by atoms with Gasteiger partial charge in [0.1, 0.15) is 5.69 Å². The summed E-state index contributed by atoms with van der Waals surface area (Å²) in [6, 6.07) is 3.52. The molecule has 0 saturated heterocycles. The normalized spacial score (nSPS) is 11.1. The molecule has 4 nitrogen and oxygen atoms in total. The standard InChI is InChI=1S/C12H16BrN3OS/c1-3-12(4-2,11(14)18)16-10(17)9-8(13)6-5-7-15-9/h5-7H,3-4H2,1-2H3,(H2,14,18)(H,16,17). The Morgan fingerprint density at radius 3 is 2.61 bits per heavy atom. The van der Waals surface area contributed by atoms with Crippen LogP contribution in [-0.2, 0) is 0 Å². The van der Waals surface area contributed by atoms with Crippen LogP contribution in [0.5, 0.6) is 0 Å². The third kappa shape index (κ3) is 3.05. The maximum absolute atomic E-state index is 12.2. The SMILES string of the molecule is CCC(CC)(NC(=O)c1ncccc1Br)C(N)=S. The fraction of sp³-hybridized carbons (Fsp3) is 0.417. The van der Waals surface area contributed by atoms with E-state index in [-0.39, 0.29) is 5.91 Å². The molecule has 1 rings (SSSR count). The summed E-state index contributed by atoms with van der Waals surface area (Å²) >= 11 is 8.36. The van der Waals surface area contributed by atoms with Crippen molar-refractivity contribution in [3.05, 3.63) is 28.5 Å². The van der Waals surface area contributed by atoms with E-state index < -0.39 is 5.54 Å². The Morgan fingerprint density at radius 2 is 2.17 bits per heavy atom. The summed E-state index contributed by atoms with van der Waals surface area (Å²) < 4.78 is 0.645. The number of hydrogen-bond donors (Lipinski definition) is 2. The van der Waals surface area contributed by atoms with Crippen LogP contribution in [0.3, 0.4) is 0 Å². The highest BCUT2D eigenvalue weighted by atomic mass is 79.9. The van der Waals surface area contributed by atoms with Gasteiger partial charge in [0.25, 0.3) is 5.91 Å². The number of thiocarbonyl (C=S) groups is 1. The van der Waals surface area contributed by atoms with E-state index >= 15 is 0 Å². The predicted molar refractivity (Wildman–Crippen MR) is 79.5 cm³/mol. The van der Waals surface area contributed by atoms with Gasteiger partial charge in [-0.25, -0.2) is 4.98 Å². The first-order valence-electron chi connectivity index (χ1n) is 5.69. The minimum atomic E-state index is -0.649. The molecular weight excluding hydrogens is 314 g/mol. The zero-order chi connectivity index (χ0) is 13.8. The molecule has 1 amide bonds. The first-order chi connectivity index (χ1) is 8.46. The Bertz CT molecular complexity index is 460. The second-order valence-corrected chi connectivity index (χ2v) is 5.24. The molecule has 0 saturated carbocycles. The maximum Gasteiger partial charge on any atom is 0.271 e. The van der Waals surface area contributed by atoms with Gasteiger partial charge in [0, 0.05) is 10.7 Å². The fourth-order valence-corrected chi connectivity index (χ4v) is 2.44. The minimum Gasteiger partial charge on any atom is -0.391 e. The molecule has 0 unspecified atom stereocenters. The monoisotopic (exact) mass is 329 g/mol. The van der Waals surface area contributed by atoms with Crippen molar-refractivity contribution in [2.45, 2.75) is 32.2 Å². The quantitative estimate of drug-likeness (QED) is 0.814. The summed E-state index contributed by atoms with van der Waals surface area (Å²) in [5.74, 6) is -0.279. The lowest BCUT2D eigenvalue weighted by Gasteiger charge is -2.31. The Kier molecular flexibility index (Phi) is 5.22. The molecule has 1 heterocycles. The summed E-state index contributed by atoms with van der Waals surface area (Å²) in [5, 5.41) is 2.89. The topological polar surface area (TPSA) is 68.0 Å². The third-order valence-electron chi connectivity index (χ3n) is 3.01. The number of aromatic nitrogens is 1. The molecule has 0 radical (unpaired) electrons. The molecule has 1 aromatic heterocycles. The van der Waals surface area contributed by atoms with Gasteiger partial charge in [-0.2, -0.15) is 0 Å². The van der Waals surface area contributed by atoms with Crippen molar-refractivity contribution in [2.75, 3.05) is 0 Å². The van der Waals surface area contributed by atoms with E-state index in [1.807, 2.05) is 13.8 Å². The van der Waals surface area contributed by atoms with Crippen molar-refractivity contribution in [1.82, 2.24) is 10.3 Å². The molecule has 98 valence electrons. The highest BCUT2D eigenvalue weighted by Crippen LogP contribution is 2.19. The van der Waals surface area contributed by atoms with Gasteiger partial charge >= 0.3 is 0 Å². The number of nitrogens with zero attached hydrogens (tertiary/aromatic N) is 1. The molecule has 1 aromatic rings. The van der Waals surface area contributed by atoms with Crippen LogP contribution in [0.15, 0.2) is 22.8 Å². The molecule has 0 aliphatic heterocycles. The van der Waals surface area contributed by atoms with Crippen molar-refractivity contribution < 1.29 is 4.79 Å². The molecule has 0 spiro atoms. The minimum absolute atomic E-state index is 0.279. The third-order valence-corrected chi connectivity index (χ3v) is 4.04. The summed E-state index contributed by atoms with van der Waals surface area (Å²) in [4.78, 5) is 16.5. The number of rotatable bonds is 5. The molecular formula is C12H16BrN3OS. The molecule has 18 heavy (non-hydrogen) atoms. The van der Waals surface area contributed by atoms with Crippen LogP contribution in [0.1, 0.15) is 37.2 Å². The van der Waals surface area contributed by atoms with Crippen LogP contribution in [-0.4, -0.2) is 21.4 Å². The number of hydrogen-bond acceptors (Lipinski definition) is 3. The van der Waals surface area contributed by atoms with E-state index in [1.165, 1.54) is 0 Å². The van der Waals surface area contributed by atoms with E-state index in [0.29, 0.717) is 28.0 Å². The van der Waals surface area contributed by atoms with Crippen LogP contribution in [0, 0.1) is 0 Å². The number of carbonyl (C=O) groups excluding carboxylic acids is 1. The summed E-state index contributed by atoms with van der Waals surface area (Å²) in [5.41, 5.74) is 5.43. The summed E-state index contributed by atoms with van der Waals surface area (Å²) in [6.07, 6.45) is 2.87. The van der Waals surface area contributed by atoms with E-state index in [9.17, 15) is 4.79 Å². The van der Waals surface area contributed by atoms with Gasteiger partial charge in [-0.1, -0.05) is 26.1 Å². The van der Waals surface area contributed by atoms with Crippen molar-refractivity contribution in [1.29, 1.82) is 0 Å². The van der Waals surface area contributed by atoms with E-state index in [4.69, 9.17) is 18.0 Å². The van der Waals surface area contributed by atoms with E-state index in [1.54, 1.807) is 18.3 Å². The summed E-state index contributed by atoms with van der Waals surface area (Å²) in [6.45, 7) is 3.88. The number of halogens is 1. The average molecular weight is 330 g/mol. The van der Waals surface area contributed by atoms with Gasteiger partial charge < -0.3 is 11.1 Å². The zero-order valence-electron chi connectivity index (χ0n) is 10.4. The van der Waals surface area contributed by atoms with Gasteiger partial charge in [-0.3, -0.25) is 4.79 Å². The van der Waals surface area contributed by atoms with Crippen molar-refractivity contribution >= 4 is 39.0 Å². The van der Waals surface area contributed by atoms with Gasteiger partial charge in [0.05, 0.1) is 10.5 Å². The largest absolute Gasteiger partial charge is 0.391 e. The first-order valence-corrected chi connectivity index (χ1v) is 6.90. The summed E-state index contributed by atoms with van der Waals surface area (Å²) in [7, 11) is 0. The number of nitrogens with two attached hydrogens (primary N) is 1. The lowest BCUT2D eigenvalue weighted by Crippen LogP contribution is -2.56. The van der Waals surface area contributed by atoms with Crippen molar-refractivity contribution in [3.63, 3.8) is 0 Å². The molecule has 0 fully saturated rings. The highest BCUT2D eigenvalue weighted by molar-refractivity contribution is 9.10. The smallest absolute Gasteiger partial charge is 0.271 e. The molecule has 3 N–H and O–H groups in total. The van der Waals surface area contributed by atoms with Crippen LogP contribution >= 0.6 is 28.1 Å². The molecule has 6 heteroatoms. The molecule has 0 aromatic carbocycles. The Labute approximate surface area is 120 Å². The van der Waals surface area contributed by atoms with E-state index in [0.717, 1.165) is 0 Å². The lowest BCUT2D eigenvalue weighted by atomic mass is 9.92. The van der Waals surface area contributed by atoms with Crippen molar-refractivity contribution in [3.8, 4) is 0 Å². The van der Waals surface area contributed by atoms with Gasteiger partial charge in [-0.05, 0) is 40.9 Å². The van der Waals surface area contributed by atoms with Crippen LogP contribution in [0.4, 0.5) is 0 Å². The molecule has 0 aliphatic rings. The number of pyridine rings is 1. The first kappa shape index (κ1) is 15.0. The molecule has 0 aliphatic carbocycles. The van der Waals surface area contributed by atoms with E-state index in [2.05, 4.69) is 26.2 Å². The average Bonchev–Trinajstić information content (AvgIpc) is 2.36.